The van der Waals surface area contributed by atoms with Crippen molar-refractivity contribution in [2.45, 2.75) is 64.5 Å². The number of carbonyl (C=O) groups excluding carboxylic acids is 1. The van der Waals surface area contributed by atoms with E-state index in [1.54, 1.807) is 0 Å². The van der Waals surface area contributed by atoms with Crippen molar-refractivity contribution in [3.05, 3.63) is 0 Å². The largest absolute Gasteiger partial charge is 0.293 e. The van der Waals surface area contributed by atoms with Crippen molar-refractivity contribution in [1.29, 1.82) is 0 Å². The number of hydrogen-bond donors (Lipinski definition) is 2. The second-order valence-electron chi connectivity index (χ2n) is 5.40. The zero-order valence-corrected chi connectivity index (χ0v) is 11.4. The van der Waals surface area contributed by atoms with Crippen molar-refractivity contribution in [2.75, 3.05) is 7.05 Å². The molecule has 1 saturated carbocycles. The monoisotopic (exact) mass is 241 g/mol. The van der Waals surface area contributed by atoms with Crippen LogP contribution in [-0.4, -0.2) is 29.9 Å². The van der Waals surface area contributed by atoms with Gasteiger partial charge in [-0.25, -0.2) is 5.84 Å². The van der Waals surface area contributed by atoms with Crippen LogP contribution >= 0.6 is 0 Å². The lowest BCUT2D eigenvalue weighted by Gasteiger charge is -2.38. The van der Waals surface area contributed by atoms with Gasteiger partial charge in [0.2, 0.25) is 0 Å². The molecule has 17 heavy (non-hydrogen) atoms. The normalized spacial score (nSPS) is 26.9. The molecule has 100 valence electrons. The number of likely N-dealkylation sites (N-methyl/N-ethyl adjacent to an activating group) is 1. The predicted octanol–water partition coefficient (Wildman–Crippen LogP) is 1.66. The highest BCUT2D eigenvalue weighted by atomic mass is 16.2. The molecule has 3 N–H and O–H groups in total. The molecule has 0 heterocycles. The van der Waals surface area contributed by atoms with Crippen LogP contribution in [0.1, 0.15) is 52.4 Å². The molecule has 3 unspecified atom stereocenters. The maximum absolute atomic E-state index is 11.8. The van der Waals surface area contributed by atoms with Crippen LogP contribution in [0.3, 0.4) is 0 Å². The summed E-state index contributed by atoms with van der Waals surface area (Å²) in [5, 5.41) is 0. The molecule has 4 heteroatoms. The minimum atomic E-state index is -0.0692. The van der Waals surface area contributed by atoms with Crippen LogP contribution < -0.4 is 11.3 Å². The zero-order chi connectivity index (χ0) is 12.8. The Morgan fingerprint density at radius 2 is 2.24 bits per heavy atom. The topological polar surface area (TPSA) is 58.4 Å². The van der Waals surface area contributed by atoms with Crippen molar-refractivity contribution in [3.8, 4) is 0 Å². The Kier molecular flexibility index (Phi) is 5.92. The van der Waals surface area contributed by atoms with Crippen molar-refractivity contribution in [3.63, 3.8) is 0 Å². The van der Waals surface area contributed by atoms with E-state index in [2.05, 4.69) is 31.2 Å². The number of hydrazine groups is 1. The van der Waals surface area contributed by atoms with E-state index in [1.807, 2.05) is 0 Å². The highest BCUT2D eigenvalue weighted by Gasteiger charge is 2.30. The van der Waals surface area contributed by atoms with E-state index in [0.717, 1.165) is 18.8 Å². The van der Waals surface area contributed by atoms with E-state index in [-0.39, 0.29) is 11.9 Å². The van der Waals surface area contributed by atoms with Gasteiger partial charge in [0.15, 0.2) is 0 Å². The summed E-state index contributed by atoms with van der Waals surface area (Å²) < 4.78 is 0. The molecule has 0 aromatic heterocycles. The lowest BCUT2D eigenvalue weighted by Crippen LogP contribution is -2.51. The highest BCUT2D eigenvalue weighted by Crippen LogP contribution is 2.28. The first-order chi connectivity index (χ1) is 8.10. The van der Waals surface area contributed by atoms with Gasteiger partial charge in [-0.1, -0.05) is 33.1 Å². The molecule has 1 rings (SSSR count). The van der Waals surface area contributed by atoms with Crippen molar-refractivity contribution >= 4 is 5.91 Å². The van der Waals surface area contributed by atoms with Gasteiger partial charge in [-0.2, -0.15) is 0 Å². The van der Waals surface area contributed by atoms with Crippen molar-refractivity contribution in [2.24, 2.45) is 11.8 Å². The number of nitrogens with one attached hydrogen (secondary N) is 1. The van der Waals surface area contributed by atoms with Gasteiger partial charge in [0.05, 0.1) is 6.04 Å². The minimum Gasteiger partial charge on any atom is -0.293 e. The Hall–Kier alpha value is -0.610. The number of amides is 1. The van der Waals surface area contributed by atoms with E-state index in [0.29, 0.717) is 6.04 Å². The Balaban J connectivity index is 2.62. The third-order valence-corrected chi connectivity index (χ3v) is 3.98. The Morgan fingerprint density at radius 1 is 1.53 bits per heavy atom. The smallest absolute Gasteiger partial charge is 0.251 e. The van der Waals surface area contributed by atoms with Gasteiger partial charge >= 0.3 is 0 Å². The summed E-state index contributed by atoms with van der Waals surface area (Å²) in [6, 6.07) is 0.466. The Bertz CT molecular complexity index is 245. The van der Waals surface area contributed by atoms with E-state index < -0.39 is 0 Å². The first-order valence-corrected chi connectivity index (χ1v) is 6.82. The average molecular weight is 241 g/mol. The second-order valence-corrected chi connectivity index (χ2v) is 5.40. The van der Waals surface area contributed by atoms with Crippen LogP contribution in [-0.2, 0) is 4.79 Å². The van der Waals surface area contributed by atoms with Crippen LogP contribution in [0.25, 0.3) is 0 Å². The van der Waals surface area contributed by atoms with E-state index in [1.165, 1.54) is 25.7 Å². The molecule has 1 aliphatic carbocycles. The first-order valence-electron chi connectivity index (χ1n) is 6.82. The molecule has 0 radical (unpaired) electrons. The van der Waals surface area contributed by atoms with Gasteiger partial charge in [0.1, 0.15) is 0 Å². The van der Waals surface area contributed by atoms with Gasteiger partial charge in [-0.3, -0.25) is 15.1 Å². The molecule has 1 amide bonds. The van der Waals surface area contributed by atoms with Crippen molar-refractivity contribution in [1.82, 2.24) is 10.3 Å². The fourth-order valence-corrected chi connectivity index (χ4v) is 2.92. The molecule has 0 bridgehead atoms. The molecular weight excluding hydrogens is 214 g/mol. The molecule has 1 aliphatic rings. The van der Waals surface area contributed by atoms with Gasteiger partial charge < -0.3 is 0 Å². The molecule has 0 spiro atoms. The zero-order valence-electron chi connectivity index (χ0n) is 11.4. The van der Waals surface area contributed by atoms with Crippen molar-refractivity contribution < 1.29 is 4.79 Å². The van der Waals surface area contributed by atoms with Crippen LogP contribution in [0.4, 0.5) is 0 Å². The number of carbonyl (C=O) groups is 1. The molecule has 3 atom stereocenters. The summed E-state index contributed by atoms with van der Waals surface area (Å²) in [6.45, 7) is 4.41. The number of hydrogen-bond acceptors (Lipinski definition) is 3. The fourth-order valence-electron chi connectivity index (χ4n) is 2.92. The number of nitrogens with two attached hydrogens (primary N) is 1. The summed E-state index contributed by atoms with van der Waals surface area (Å²) in [5.74, 6) is 6.00. The molecule has 0 aromatic carbocycles. The third kappa shape index (κ3) is 3.96. The van der Waals surface area contributed by atoms with Crippen LogP contribution in [0, 0.1) is 5.92 Å². The van der Waals surface area contributed by atoms with E-state index in [9.17, 15) is 4.79 Å². The third-order valence-electron chi connectivity index (χ3n) is 3.98. The van der Waals surface area contributed by atoms with Gasteiger partial charge in [0, 0.05) is 6.04 Å². The molecule has 0 aliphatic heterocycles. The summed E-state index contributed by atoms with van der Waals surface area (Å²) >= 11 is 0. The summed E-state index contributed by atoms with van der Waals surface area (Å²) in [5.41, 5.74) is 2.30. The first kappa shape index (κ1) is 14.5. The Morgan fingerprint density at radius 3 is 2.76 bits per heavy atom. The van der Waals surface area contributed by atoms with Gasteiger partial charge in [-0.05, 0) is 32.2 Å². The van der Waals surface area contributed by atoms with E-state index in [4.69, 9.17) is 5.84 Å². The quantitative estimate of drug-likeness (QED) is 0.437. The van der Waals surface area contributed by atoms with E-state index >= 15 is 0 Å². The lowest BCUT2D eigenvalue weighted by atomic mass is 9.85. The summed E-state index contributed by atoms with van der Waals surface area (Å²) in [6.07, 6.45) is 6.90. The Labute approximate surface area is 105 Å². The SMILES string of the molecule is CCCC(C(=O)NN)N(C)C1CCCC(C)C1. The molecular formula is C13H27N3O. The number of nitrogens with zero attached hydrogens (tertiary/aromatic N) is 1. The highest BCUT2D eigenvalue weighted by molar-refractivity contribution is 5.81. The second kappa shape index (κ2) is 6.97. The molecule has 0 saturated heterocycles. The average Bonchev–Trinajstić information content (AvgIpc) is 2.34. The van der Waals surface area contributed by atoms with Crippen LogP contribution in [0.5, 0.6) is 0 Å². The molecule has 0 aromatic rings. The van der Waals surface area contributed by atoms with Crippen LogP contribution in [0.2, 0.25) is 0 Å². The maximum Gasteiger partial charge on any atom is 0.251 e. The van der Waals surface area contributed by atoms with Crippen LogP contribution in [0.15, 0.2) is 0 Å². The minimum absolute atomic E-state index is 0.0485. The lowest BCUT2D eigenvalue weighted by molar-refractivity contribution is -0.127. The molecule has 1 fully saturated rings. The summed E-state index contributed by atoms with van der Waals surface area (Å²) in [7, 11) is 2.07. The van der Waals surface area contributed by atoms with Gasteiger partial charge in [-0.15, -0.1) is 0 Å². The molecule has 4 nitrogen and oxygen atoms in total. The standard InChI is InChI=1S/C13H27N3O/c1-4-6-12(13(17)15-14)16(3)11-8-5-7-10(2)9-11/h10-12H,4-9,14H2,1-3H3,(H,15,17). The maximum atomic E-state index is 11.8. The van der Waals surface area contributed by atoms with Gasteiger partial charge in [0.25, 0.3) is 5.91 Å². The fraction of sp³-hybridized carbons (Fsp3) is 0.923. The number of rotatable bonds is 5. The predicted molar refractivity (Wildman–Crippen MR) is 70.2 cm³/mol. The summed E-state index contributed by atoms with van der Waals surface area (Å²) in [4.78, 5) is 14.0.